The molecule has 2 aromatic carbocycles. The zero-order chi connectivity index (χ0) is 24.2. The average molecular weight is 470 g/mol. The maximum absolute atomic E-state index is 13.1. The monoisotopic (exact) mass is 470 g/mol. The quantitative estimate of drug-likeness (QED) is 0.388. The summed E-state index contributed by atoms with van der Waals surface area (Å²) in [5, 5.41) is 0. The summed E-state index contributed by atoms with van der Waals surface area (Å²) >= 11 is 0. The van der Waals surface area contributed by atoms with E-state index in [-0.39, 0.29) is 24.3 Å². The summed E-state index contributed by atoms with van der Waals surface area (Å²) < 4.78 is 157. The molecule has 0 fully saturated rings. The second-order valence-corrected chi connectivity index (χ2v) is 6.38. The maximum atomic E-state index is 13.1. The van der Waals surface area contributed by atoms with Crippen LogP contribution in [-0.2, 0) is 31.1 Å². The summed E-state index contributed by atoms with van der Waals surface area (Å²) in [5.74, 6) is 0. The summed E-state index contributed by atoms with van der Waals surface area (Å²) in [5.41, 5.74) is -2.90. The first-order valence-corrected chi connectivity index (χ1v) is 7.86. The molecule has 0 saturated heterocycles. The number of anilines is 2. The first-order valence-electron chi connectivity index (χ1n) is 7.86. The molecule has 0 heterocycles. The minimum atomic E-state index is -5.37. The van der Waals surface area contributed by atoms with E-state index in [1.165, 1.54) is 0 Å². The standard InChI is InChI=1S/C17H10F12N2/c18-14(19,20)8-2-6(3-9(12(8)30)15(21,22)23)1-7-4-10(16(24,25)26)13(31)11(5-7)17(27,28)29/h2-5H,1,30-31H2. The molecule has 4 N–H and O–H groups in total. The predicted octanol–water partition coefficient (Wildman–Crippen LogP) is 6.52. The third kappa shape index (κ3) is 5.28. The van der Waals surface area contributed by atoms with Crippen LogP contribution in [0.25, 0.3) is 0 Å². The van der Waals surface area contributed by atoms with Gasteiger partial charge in [-0.05, 0) is 41.8 Å². The fourth-order valence-corrected chi connectivity index (χ4v) is 2.80. The van der Waals surface area contributed by atoms with E-state index in [1.54, 1.807) is 0 Å². The van der Waals surface area contributed by atoms with Crippen LogP contribution in [0.1, 0.15) is 33.4 Å². The highest BCUT2D eigenvalue weighted by atomic mass is 19.4. The van der Waals surface area contributed by atoms with Crippen LogP contribution in [0.2, 0.25) is 0 Å². The molecular formula is C17H10F12N2. The van der Waals surface area contributed by atoms with Crippen molar-refractivity contribution >= 4 is 11.4 Å². The Morgan fingerprint density at radius 3 is 0.806 bits per heavy atom. The van der Waals surface area contributed by atoms with E-state index in [0.717, 1.165) is 0 Å². The van der Waals surface area contributed by atoms with Crippen molar-refractivity contribution < 1.29 is 52.7 Å². The van der Waals surface area contributed by atoms with Gasteiger partial charge in [-0.3, -0.25) is 0 Å². The molecule has 0 aliphatic heterocycles. The van der Waals surface area contributed by atoms with E-state index < -0.39 is 75.9 Å². The molecule has 31 heavy (non-hydrogen) atoms. The van der Waals surface area contributed by atoms with E-state index in [2.05, 4.69) is 0 Å². The normalized spacial score (nSPS) is 13.5. The lowest BCUT2D eigenvalue weighted by molar-refractivity contribution is -0.143. The number of hydrogen-bond donors (Lipinski definition) is 2. The van der Waals surface area contributed by atoms with Crippen LogP contribution in [0, 0.1) is 0 Å². The second kappa shape index (κ2) is 7.41. The Labute approximate surface area is 165 Å². The average Bonchev–Trinajstić information content (AvgIpc) is 2.53. The van der Waals surface area contributed by atoms with Crippen molar-refractivity contribution in [3.8, 4) is 0 Å². The molecule has 0 amide bonds. The van der Waals surface area contributed by atoms with Gasteiger partial charge < -0.3 is 11.5 Å². The number of rotatable bonds is 2. The Balaban J connectivity index is 2.73. The highest BCUT2D eigenvalue weighted by Gasteiger charge is 2.42. The van der Waals surface area contributed by atoms with Gasteiger partial charge in [0.25, 0.3) is 0 Å². The Hall–Kier alpha value is -2.80. The van der Waals surface area contributed by atoms with Crippen molar-refractivity contribution in [1.29, 1.82) is 0 Å². The molecule has 0 radical (unpaired) electrons. The zero-order valence-corrected chi connectivity index (χ0v) is 14.7. The minimum Gasteiger partial charge on any atom is -0.398 e. The fraction of sp³-hybridized carbons (Fsp3) is 0.294. The van der Waals surface area contributed by atoms with Crippen molar-refractivity contribution in [2.24, 2.45) is 0 Å². The number of benzene rings is 2. The van der Waals surface area contributed by atoms with E-state index >= 15 is 0 Å². The van der Waals surface area contributed by atoms with Gasteiger partial charge >= 0.3 is 24.7 Å². The van der Waals surface area contributed by atoms with Gasteiger partial charge in [0.2, 0.25) is 0 Å². The second-order valence-electron chi connectivity index (χ2n) is 6.38. The summed E-state index contributed by atoms with van der Waals surface area (Å²) in [7, 11) is 0. The number of hydrogen-bond acceptors (Lipinski definition) is 2. The first kappa shape index (κ1) is 24.5. The van der Waals surface area contributed by atoms with E-state index in [0.29, 0.717) is 0 Å². The molecule has 0 aromatic heterocycles. The Morgan fingerprint density at radius 1 is 0.452 bits per heavy atom. The van der Waals surface area contributed by atoms with E-state index in [9.17, 15) is 52.7 Å². The van der Waals surface area contributed by atoms with Crippen LogP contribution in [0.3, 0.4) is 0 Å². The molecule has 2 rings (SSSR count). The molecule has 0 aliphatic carbocycles. The van der Waals surface area contributed by atoms with Crippen LogP contribution in [0.5, 0.6) is 0 Å². The van der Waals surface area contributed by atoms with Crippen molar-refractivity contribution in [3.63, 3.8) is 0 Å². The van der Waals surface area contributed by atoms with Crippen LogP contribution in [0.15, 0.2) is 24.3 Å². The third-order valence-corrected chi connectivity index (χ3v) is 4.11. The molecule has 0 bridgehead atoms. The zero-order valence-electron chi connectivity index (χ0n) is 14.7. The number of halogens is 12. The van der Waals surface area contributed by atoms with Crippen molar-refractivity contribution in [2.75, 3.05) is 11.5 Å². The fourth-order valence-electron chi connectivity index (χ4n) is 2.80. The van der Waals surface area contributed by atoms with E-state index in [4.69, 9.17) is 11.5 Å². The number of nitrogen functional groups attached to an aromatic ring is 2. The smallest absolute Gasteiger partial charge is 0.398 e. The molecule has 2 aromatic rings. The third-order valence-electron chi connectivity index (χ3n) is 4.11. The van der Waals surface area contributed by atoms with Gasteiger partial charge in [0.15, 0.2) is 0 Å². The Bertz CT molecular complexity index is 831. The predicted molar refractivity (Wildman–Crippen MR) is 84.5 cm³/mol. The van der Waals surface area contributed by atoms with E-state index in [1.807, 2.05) is 0 Å². The molecule has 0 saturated carbocycles. The summed E-state index contributed by atoms with van der Waals surface area (Å²) in [6.45, 7) is 0. The van der Waals surface area contributed by atoms with Crippen molar-refractivity contribution in [2.45, 2.75) is 31.1 Å². The first-order chi connectivity index (χ1) is 13.7. The largest absolute Gasteiger partial charge is 0.418 e. The molecule has 0 spiro atoms. The molecule has 2 nitrogen and oxygen atoms in total. The SMILES string of the molecule is Nc1c(C(F)(F)F)cc(Cc2cc(C(F)(F)F)c(N)c(C(F)(F)F)c2)cc1C(F)(F)F. The number of nitrogens with two attached hydrogens (primary N) is 2. The lowest BCUT2D eigenvalue weighted by Gasteiger charge is -2.20. The highest BCUT2D eigenvalue weighted by Crippen LogP contribution is 2.44. The van der Waals surface area contributed by atoms with Crippen LogP contribution in [0.4, 0.5) is 64.1 Å². The summed E-state index contributed by atoms with van der Waals surface area (Å²) in [4.78, 5) is 0. The molecule has 0 aliphatic rings. The summed E-state index contributed by atoms with van der Waals surface area (Å²) in [6.07, 6.45) is -22.6. The molecular weight excluding hydrogens is 460 g/mol. The van der Waals surface area contributed by atoms with Gasteiger partial charge in [0.05, 0.1) is 33.6 Å². The molecule has 14 heteroatoms. The molecule has 172 valence electrons. The maximum Gasteiger partial charge on any atom is 0.418 e. The van der Waals surface area contributed by atoms with Crippen molar-refractivity contribution in [1.82, 2.24) is 0 Å². The topological polar surface area (TPSA) is 52.0 Å². The van der Waals surface area contributed by atoms with Gasteiger partial charge in [0, 0.05) is 0 Å². The van der Waals surface area contributed by atoms with Gasteiger partial charge in [0.1, 0.15) is 0 Å². The Kier molecular flexibility index (Phi) is 5.85. The van der Waals surface area contributed by atoms with Gasteiger partial charge in [-0.25, -0.2) is 0 Å². The Morgan fingerprint density at radius 2 is 0.645 bits per heavy atom. The van der Waals surface area contributed by atoms with Gasteiger partial charge in [-0.15, -0.1) is 0 Å². The molecule has 0 atom stereocenters. The lowest BCUT2D eigenvalue weighted by Crippen LogP contribution is -2.18. The minimum absolute atomic E-state index is 0.126. The summed E-state index contributed by atoms with van der Waals surface area (Å²) in [6, 6.07) is 0.506. The highest BCUT2D eigenvalue weighted by molar-refractivity contribution is 5.61. The molecule has 0 unspecified atom stereocenters. The van der Waals surface area contributed by atoms with Crippen molar-refractivity contribution in [3.05, 3.63) is 57.6 Å². The van der Waals surface area contributed by atoms with Crippen LogP contribution < -0.4 is 11.5 Å². The van der Waals surface area contributed by atoms with Crippen LogP contribution in [-0.4, -0.2) is 0 Å². The lowest BCUT2D eigenvalue weighted by atomic mass is 9.94. The van der Waals surface area contributed by atoms with Crippen LogP contribution >= 0.6 is 0 Å². The van der Waals surface area contributed by atoms with Gasteiger partial charge in [-0.1, -0.05) is 0 Å². The van der Waals surface area contributed by atoms with Gasteiger partial charge in [-0.2, -0.15) is 52.7 Å². The number of alkyl halides is 12.